The predicted molar refractivity (Wildman–Crippen MR) is 118 cm³/mol. The second-order valence-corrected chi connectivity index (χ2v) is 7.87. The smallest absolute Gasteiger partial charge is 0.358 e. The molecule has 0 spiro atoms. The van der Waals surface area contributed by atoms with E-state index in [1.165, 1.54) is 10.6 Å². The van der Waals surface area contributed by atoms with E-state index >= 15 is 0 Å². The van der Waals surface area contributed by atoms with Crippen LogP contribution in [0, 0.1) is 0 Å². The van der Waals surface area contributed by atoms with E-state index in [-0.39, 0.29) is 23.7 Å². The number of morpholine rings is 1. The van der Waals surface area contributed by atoms with E-state index in [0.717, 1.165) is 18.8 Å². The van der Waals surface area contributed by atoms with Crippen molar-refractivity contribution >= 4 is 34.3 Å². The lowest BCUT2D eigenvalue weighted by atomic mass is 10.2. The first-order valence-corrected chi connectivity index (χ1v) is 10.4. The third-order valence-corrected chi connectivity index (χ3v) is 5.70. The topological polar surface area (TPSA) is 103 Å². The third kappa shape index (κ3) is 3.65. The number of nitrogens with zero attached hydrogens (tertiary/aromatic N) is 4. The number of imidazole rings is 1. The molecule has 3 heterocycles. The van der Waals surface area contributed by atoms with E-state index in [0.29, 0.717) is 35.0 Å². The van der Waals surface area contributed by atoms with Gasteiger partial charge in [0.25, 0.3) is 0 Å². The Balaban J connectivity index is 1.57. The third-order valence-electron chi connectivity index (χ3n) is 5.47. The molecule has 1 saturated heterocycles. The second-order valence-electron chi connectivity index (χ2n) is 7.44. The van der Waals surface area contributed by atoms with Gasteiger partial charge in [-0.2, -0.15) is 0 Å². The van der Waals surface area contributed by atoms with Crippen LogP contribution in [0.25, 0.3) is 16.7 Å². The van der Waals surface area contributed by atoms with Crippen LogP contribution in [0.4, 0.5) is 5.69 Å². The molecule has 1 fully saturated rings. The van der Waals surface area contributed by atoms with Crippen molar-refractivity contribution in [3.8, 4) is 5.69 Å². The number of carboxylic acid groups (broad SMARTS) is 1. The monoisotopic (exact) mass is 454 g/mol. The van der Waals surface area contributed by atoms with Crippen LogP contribution in [-0.2, 0) is 11.3 Å². The number of aromatic carboxylic acids is 1. The van der Waals surface area contributed by atoms with Crippen LogP contribution < -0.4 is 10.6 Å². The maximum Gasteiger partial charge on any atom is 0.358 e. The van der Waals surface area contributed by atoms with Crippen molar-refractivity contribution in [2.75, 3.05) is 31.2 Å². The van der Waals surface area contributed by atoms with Gasteiger partial charge in [-0.05, 0) is 42.5 Å². The highest BCUT2D eigenvalue weighted by Crippen LogP contribution is 2.24. The maximum absolute atomic E-state index is 13.4. The first kappa shape index (κ1) is 20.3. The minimum Gasteiger partial charge on any atom is -0.476 e. The van der Waals surface area contributed by atoms with E-state index in [4.69, 9.17) is 26.0 Å². The first-order chi connectivity index (χ1) is 15.5. The number of rotatable bonds is 5. The van der Waals surface area contributed by atoms with Crippen LogP contribution in [0.2, 0.25) is 5.02 Å². The van der Waals surface area contributed by atoms with Gasteiger partial charge in [0.15, 0.2) is 11.5 Å². The summed E-state index contributed by atoms with van der Waals surface area (Å²) in [7, 11) is 0. The highest BCUT2D eigenvalue weighted by atomic mass is 35.5. The molecule has 0 amide bonds. The molecule has 0 unspecified atom stereocenters. The summed E-state index contributed by atoms with van der Waals surface area (Å²) in [5, 5.41) is 13.1. The van der Waals surface area contributed by atoms with Crippen molar-refractivity contribution in [1.82, 2.24) is 14.3 Å². The number of carbonyl (C=O) groups is 1. The Morgan fingerprint density at radius 3 is 2.44 bits per heavy atom. The molecule has 0 radical (unpaired) electrons. The molecule has 2 aromatic heterocycles. The number of halogens is 1. The average Bonchev–Trinajstić information content (AvgIpc) is 3.38. The van der Waals surface area contributed by atoms with Gasteiger partial charge in [-0.1, -0.05) is 16.8 Å². The molecule has 0 atom stereocenters. The summed E-state index contributed by atoms with van der Waals surface area (Å²) >= 11 is 6.23. The number of aromatic nitrogens is 3. The summed E-state index contributed by atoms with van der Waals surface area (Å²) in [4.78, 5) is 26.7. The molecule has 1 aliphatic rings. The summed E-state index contributed by atoms with van der Waals surface area (Å²) < 4.78 is 13.6. The number of hydrogen-bond donors (Lipinski definition) is 1. The SMILES string of the molecule is O=C(O)c1cc(Cn2c(=O)n(-c3ccc(N4CCOCC4)cc3)c3cc(Cl)ccc32)on1. The standard InChI is InChI=1S/C22H19ClN4O5/c23-14-1-6-19-20(11-14)27(16-4-2-15(3-5-16)25-7-9-31-10-8-25)22(30)26(19)13-17-12-18(21(28)29)24-32-17/h1-6,11-12H,7-10,13H2,(H,28,29). The number of carboxylic acids is 1. The van der Waals surface area contributed by atoms with Crippen LogP contribution in [0.5, 0.6) is 0 Å². The molecule has 1 N–H and O–H groups in total. The first-order valence-electron chi connectivity index (χ1n) is 10.0. The summed E-state index contributed by atoms with van der Waals surface area (Å²) in [6.07, 6.45) is 0. The van der Waals surface area contributed by atoms with E-state index < -0.39 is 5.97 Å². The van der Waals surface area contributed by atoms with Gasteiger partial charge in [-0.25, -0.2) is 9.59 Å². The van der Waals surface area contributed by atoms with Crippen LogP contribution >= 0.6 is 11.6 Å². The largest absolute Gasteiger partial charge is 0.476 e. The van der Waals surface area contributed by atoms with Crippen LogP contribution in [0.3, 0.4) is 0 Å². The van der Waals surface area contributed by atoms with E-state index in [9.17, 15) is 9.59 Å². The van der Waals surface area contributed by atoms with Crippen molar-refractivity contribution in [1.29, 1.82) is 0 Å². The highest BCUT2D eigenvalue weighted by molar-refractivity contribution is 6.31. The number of benzene rings is 2. The van der Waals surface area contributed by atoms with Gasteiger partial charge in [0.05, 0.1) is 36.5 Å². The van der Waals surface area contributed by atoms with Gasteiger partial charge >= 0.3 is 11.7 Å². The molecule has 9 nitrogen and oxygen atoms in total. The normalized spacial score (nSPS) is 14.2. The molecule has 0 bridgehead atoms. The fourth-order valence-corrected chi connectivity index (χ4v) is 4.08. The lowest BCUT2D eigenvalue weighted by molar-refractivity contribution is 0.0685. The molecular formula is C22H19ClN4O5. The summed E-state index contributed by atoms with van der Waals surface area (Å²) in [5.74, 6) is -0.928. The minimum atomic E-state index is -1.19. The highest BCUT2D eigenvalue weighted by Gasteiger charge is 2.19. The Morgan fingerprint density at radius 2 is 1.75 bits per heavy atom. The van der Waals surface area contributed by atoms with Gasteiger partial charge in [-0.3, -0.25) is 9.13 Å². The lowest BCUT2D eigenvalue weighted by Gasteiger charge is -2.28. The Labute approximate surface area is 187 Å². The quantitative estimate of drug-likeness (QED) is 0.494. The van der Waals surface area contributed by atoms with Gasteiger partial charge in [0, 0.05) is 29.9 Å². The lowest BCUT2D eigenvalue weighted by Crippen LogP contribution is -2.36. The van der Waals surface area contributed by atoms with Gasteiger partial charge in [0.2, 0.25) is 0 Å². The molecule has 1 aliphatic heterocycles. The van der Waals surface area contributed by atoms with Crippen LogP contribution in [-0.4, -0.2) is 51.7 Å². The fraction of sp³-hybridized carbons (Fsp3) is 0.227. The molecular weight excluding hydrogens is 436 g/mol. The Hall–Kier alpha value is -3.56. The van der Waals surface area contributed by atoms with Crippen molar-refractivity contribution < 1.29 is 19.2 Å². The zero-order valence-corrected chi connectivity index (χ0v) is 17.7. The summed E-state index contributed by atoms with van der Waals surface area (Å²) in [5.41, 5.74) is 2.54. The van der Waals surface area contributed by atoms with Crippen LogP contribution in [0.15, 0.2) is 57.8 Å². The van der Waals surface area contributed by atoms with Crippen molar-refractivity contribution in [2.45, 2.75) is 6.54 Å². The summed E-state index contributed by atoms with van der Waals surface area (Å²) in [6.45, 7) is 3.07. The predicted octanol–water partition coefficient (Wildman–Crippen LogP) is 3.02. The van der Waals surface area contributed by atoms with Crippen molar-refractivity contribution in [3.63, 3.8) is 0 Å². The van der Waals surface area contributed by atoms with E-state index in [2.05, 4.69) is 10.1 Å². The zero-order valence-electron chi connectivity index (χ0n) is 16.9. The molecule has 32 heavy (non-hydrogen) atoms. The van der Waals surface area contributed by atoms with Gasteiger partial charge in [0.1, 0.15) is 0 Å². The minimum absolute atomic E-state index is 0.0378. The van der Waals surface area contributed by atoms with Gasteiger partial charge in [-0.15, -0.1) is 0 Å². The molecule has 5 rings (SSSR count). The Morgan fingerprint density at radius 1 is 1.03 bits per heavy atom. The van der Waals surface area contributed by atoms with Crippen molar-refractivity contribution in [3.05, 3.63) is 75.5 Å². The molecule has 2 aromatic carbocycles. The number of hydrogen-bond acceptors (Lipinski definition) is 6. The zero-order chi connectivity index (χ0) is 22.2. The Kier molecular flexibility index (Phi) is 5.20. The second kappa shape index (κ2) is 8.18. The van der Waals surface area contributed by atoms with Gasteiger partial charge < -0.3 is 19.3 Å². The number of anilines is 1. The van der Waals surface area contributed by atoms with E-state index in [1.54, 1.807) is 22.8 Å². The molecule has 0 saturated carbocycles. The molecule has 4 aromatic rings. The molecule has 10 heteroatoms. The molecule has 164 valence electrons. The van der Waals surface area contributed by atoms with Crippen LogP contribution in [0.1, 0.15) is 16.2 Å². The maximum atomic E-state index is 13.4. The number of fused-ring (bicyclic) bond motifs is 1. The average molecular weight is 455 g/mol. The Bertz CT molecular complexity index is 1350. The molecule has 0 aliphatic carbocycles. The number of ether oxygens (including phenoxy) is 1. The van der Waals surface area contributed by atoms with E-state index in [1.807, 2.05) is 24.3 Å². The fourth-order valence-electron chi connectivity index (χ4n) is 3.91. The summed E-state index contributed by atoms with van der Waals surface area (Å²) in [6, 6.07) is 14.3. The van der Waals surface area contributed by atoms with Crippen molar-refractivity contribution in [2.24, 2.45) is 0 Å².